The highest BCUT2D eigenvalue weighted by molar-refractivity contribution is 7.89. The third-order valence-electron chi connectivity index (χ3n) is 4.99. The zero-order valence-corrected chi connectivity index (χ0v) is 17.7. The lowest BCUT2D eigenvalue weighted by Gasteiger charge is -2.23. The smallest absolute Gasteiger partial charge is 0.244 e. The summed E-state index contributed by atoms with van der Waals surface area (Å²) in [4.78, 5) is 13.0. The Morgan fingerprint density at radius 1 is 1.21 bits per heavy atom. The molecule has 2 heterocycles. The Morgan fingerprint density at radius 3 is 2.79 bits per heavy atom. The normalized spacial score (nSPS) is 17.6. The van der Waals surface area contributed by atoms with E-state index in [0.717, 1.165) is 28.6 Å². The van der Waals surface area contributed by atoms with Crippen molar-refractivity contribution >= 4 is 43.2 Å². The first-order chi connectivity index (χ1) is 14.0. The summed E-state index contributed by atoms with van der Waals surface area (Å²) in [6.45, 7) is 2.37. The van der Waals surface area contributed by atoms with Gasteiger partial charge in [-0.3, -0.25) is 10.1 Å². The Balaban J connectivity index is 1.56. The molecule has 1 fully saturated rings. The van der Waals surface area contributed by atoms with E-state index in [1.54, 1.807) is 18.2 Å². The Hall–Kier alpha value is -2.36. The van der Waals surface area contributed by atoms with Crippen molar-refractivity contribution in [3.05, 3.63) is 47.5 Å². The summed E-state index contributed by atoms with van der Waals surface area (Å²) in [6.07, 6.45) is 2.88. The highest BCUT2D eigenvalue weighted by Gasteiger charge is 2.39. The molecular weight excluding hydrogens is 408 g/mol. The zero-order valence-electron chi connectivity index (χ0n) is 16.0. The first-order valence-corrected chi connectivity index (χ1v) is 11.9. The molecular formula is C20H22N4O3S2. The quantitative estimate of drug-likeness (QED) is 0.647. The number of nitrogens with zero attached hydrogens (tertiary/aromatic N) is 3. The van der Waals surface area contributed by atoms with Crippen molar-refractivity contribution in [2.45, 2.75) is 43.5 Å². The number of carbonyl (C=O) groups is 1. The van der Waals surface area contributed by atoms with E-state index in [1.165, 1.54) is 15.6 Å². The first-order valence-electron chi connectivity index (χ1n) is 9.63. The number of benzene rings is 2. The molecule has 0 unspecified atom stereocenters. The Kier molecular flexibility index (Phi) is 5.62. The number of rotatable bonds is 6. The van der Waals surface area contributed by atoms with Gasteiger partial charge >= 0.3 is 0 Å². The SMILES string of the molecule is CCCc1nnc(NC(=O)[C@H]2CCCN2S(=O)(=O)c2ccc3ccccc3c2)s1. The number of hydrogen-bond acceptors (Lipinski definition) is 6. The molecule has 1 aliphatic heterocycles. The van der Waals surface area contributed by atoms with Gasteiger partial charge in [-0.25, -0.2) is 8.42 Å². The molecule has 1 aromatic heterocycles. The van der Waals surface area contributed by atoms with Crippen LogP contribution in [0.3, 0.4) is 0 Å². The van der Waals surface area contributed by atoms with E-state index in [0.29, 0.717) is 24.5 Å². The van der Waals surface area contributed by atoms with Gasteiger partial charge in [-0.05, 0) is 42.2 Å². The zero-order chi connectivity index (χ0) is 20.4. The predicted molar refractivity (Wildman–Crippen MR) is 113 cm³/mol. The number of carbonyl (C=O) groups excluding carboxylic acids is 1. The molecule has 0 radical (unpaired) electrons. The maximum atomic E-state index is 13.3. The summed E-state index contributed by atoms with van der Waals surface area (Å²) in [5.74, 6) is -0.355. The number of sulfonamides is 1. The van der Waals surface area contributed by atoms with Crippen LogP contribution in [0.1, 0.15) is 31.2 Å². The van der Waals surface area contributed by atoms with Crippen molar-refractivity contribution in [2.24, 2.45) is 0 Å². The van der Waals surface area contributed by atoms with Gasteiger partial charge in [-0.15, -0.1) is 10.2 Å². The predicted octanol–water partition coefficient (Wildman–Crippen LogP) is 3.44. The van der Waals surface area contributed by atoms with Crippen LogP contribution in [0, 0.1) is 0 Å². The van der Waals surface area contributed by atoms with Crippen LogP contribution in [0.15, 0.2) is 47.4 Å². The van der Waals surface area contributed by atoms with Gasteiger partial charge in [0.25, 0.3) is 0 Å². The van der Waals surface area contributed by atoms with E-state index in [2.05, 4.69) is 15.5 Å². The summed E-state index contributed by atoms with van der Waals surface area (Å²) in [5.41, 5.74) is 0. The van der Waals surface area contributed by atoms with E-state index in [4.69, 9.17) is 0 Å². The minimum Gasteiger partial charge on any atom is -0.299 e. The highest BCUT2D eigenvalue weighted by Crippen LogP contribution is 2.29. The van der Waals surface area contributed by atoms with Crippen molar-refractivity contribution in [1.82, 2.24) is 14.5 Å². The third-order valence-corrected chi connectivity index (χ3v) is 7.80. The average molecular weight is 431 g/mol. The van der Waals surface area contributed by atoms with Gasteiger partial charge in [-0.1, -0.05) is 48.6 Å². The van der Waals surface area contributed by atoms with E-state index in [9.17, 15) is 13.2 Å². The fourth-order valence-electron chi connectivity index (χ4n) is 3.56. The molecule has 1 atom stereocenters. The number of hydrogen-bond donors (Lipinski definition) is 1. The fourth-order valence-corrected chi connectivity index (χ4v) is 6.10. The molecule has 4 rings (SSSR count). The van der Waals surface area contributed by atoms with Gasteiger partial charge < -0.3 is 0 Å². The molecule has 9 heteroatoms. The fraction of sp³-hybridized carbons (Fsp3) is 0.350. The summed E-state index contributed by atoms with van der Waals surface area (Å²) in [6, 6.07) is 11.9. The maximum absolute atomic E-state index is 13.3. The van der Waals surface area contributed by atoms with Gasteiger partial charge in [0.1, 0.15) is 11.0 Å². The van der Waals surface area contributed by atoms with Crippen LogP contribution in [0.4, 0.5) is 5.13 Å². The highest BCUT2D eigenvalue weighted by atomic mass is 32.2. The van der Waals surface area contributed by atoms with Crippen LogP contribution in [-0.2, 0) is 21.2 Å². The molecule has 1 aliphatic rings. The van der Waals surface area contributed by atoms with E-state index < -0.39 is 16.1 Å². The number of fused-ring (bicyclic) bond motifs is 1. The van der Waals surface area contributed by atoms with Crippen LogP contribution in [0.2, 0.25) is 0 Å². The van der Waals surface area contributed by atoms with Gasteiger partial charge in [0.15, 0.2) is 0 Å². The lowest BCUT2D eigenvalue weighted by Crippen LogP contribution is -2.43. The van der Waals surface area contributed by atoms with Crippen molar-refractivity contribution in [3.63, 3.8) is 0 Å². The molecule has 0 bridgehead atoms. The van der Waals surface area contributed by atoms with E-state index in [1.807, 2.05) is 31.2 Å². The molecule has 1 saturated heterocycles. The number of anilines is 1. The molecule has 2 aromatic carbocycles. The molecule has 1 N–H and O–H groups in total. The van der Waals surface area contributed by atoms with Gasteiger partial charge in [0.05, 0.1) is 4.90 Å². The molecule has 1 amide bonds. The lowest BCUT2D eigenvalue weighted by atomic mass is 10.1. The van der Waals surface area contributed by atoms with Crippen molar-refractivity contribution in [3.8, 4) is 0 Å². The summed E-state index contributed by atoms with van der Waals surface area (Å²) < 4.78 is 27.8. The third kappa shape index (κ3) is 4.03. The minimum absolute atomic E-state index is 0.206. The van der Waals surface area contributed by atoms with Crippen LogP contribution in [-0.4, -0.2) is 41.4 Å². The number of aromatic nitrogens is 2. The van der Waals surface area contributed by atoms with E-state index >= 15 is 0 Å². The van der Waals surface area contributed by atoms with Crippen molar-refractivity contribution in [2.75, 3.05) is 11.9 Å². The van der Waals surface area contributed by atoms with Crippen molar-refractivity contribution in [1.29, 1.82) is 0 Å². The first kappa shape index (κ1) is 19.9. The number of aryl methyl sites for hydroxylation is 1. The Morgan fingerprint density at radius 2 is 2.00 bits per heavy atom. The minimum atomic E-state index is -3.78. The summed E-state index contributed by atoms with van der Waals surface area (Å²) in [7, 11) is -3.78. The van der Waals surface area contributed by atoms with E-state index in [-0.39, 0.29) is 10.8 Å². The number of amides is 1. The standard InChI is InChI=1S/C20H22N4O3S2/c1-2-6-18-22-23-20(28-18)21-19(25)17-9-5-12-24(17)29(26,27)16-11-10-14-7-3-4-8-15(14)13-16/h3-4,7-8,10-11,13,17H,2,5-6,9,12H2,1H3,(H,21,23,25)/t17-/m1/s1. The monoisotopic (exact) mass is 430 g/mol. The molecule has 7 nitrogen and oxygen atoms in total. The Labute approximate surface area is 173 Å². The summed E-state index contributed by atoms with van der Waals surface area (Å²) >= 11 is 1.33. The van der Waals surface area contributed by atoms with Crippen LogP contribution in [0.5, 0.6) is 0 Å². The van der Waals surface area contributed by atoms with Crippen LogP contribution < -0.4 is 5.32 Å². The van der Waals surface area contributed by atoms with Crippen LogP contribution in [0.25, 0.3) is 10.8 Å². The average Bonchev–Trinajstić information content (AvgIpc) is 3.38. The van der Waals surface area contributed by atoms with Crippen LogP contribution >= 0.6 is 11.3 Å². The maximum Gasteiger partial charge on any atom is 0.244 e. The molecule has 0 spiro atoms. The molecule has 3 aromatic rings. The molecule has 152 valence electrons. The summed E-state index contributed by atoms with van der Waals surface area (Å²) in [5, 5.41) is 13.9. The Bertz CT molecular complexity index is 1140. The molecule has 0 saturated carbocycles. The molecule has 29 heavy (non-hydrogen) atoms. The second-order valence-corrected chi connectivity index (χ2v) is 9.98. The van der Waals surface area contributed by atoms with Gasteiger partial charge in [0, 0.05) is 13.0 Å². The lowest BCUT2D eigenvalue weighted by molar-refractivity contribution is -0.119. The molecule has 0 aliphatic carbocycles. The number of nitrogens with one attached hydrogen (secondary N) is 1. The second kappa shape index (κ2) is 8.17. The largest absolute Gasteiger partial charge is 0.299 e. The topological polar surface area (TPSA) is 92.3 Å². The van der Waals surface area contributed by atoms with Gasteiger partial charge in [-0.2, -0.15) is 4.31 Å². The second-order valence-electron chi connectivity index (χ2n) is 7.02. The van der Waals surface area contributed by atoms with Crippen molar-refractivity contribution < 1.29 is 13.2 Å². The van der Waals surface area contributed by atoms with Gasteiger partial charge in [0.2, 0.25) is 21.1 Å².